The van der Waals surface area contributed by atoms with Crippen LogP contribution in [-0.2, 0) is 6.54 Å². The van der Waals surface area contributed by atoms with Crippen LogP contribution in [0.25, 0.3) is 0 Å². The summed E-state index contributed by atoms with van der Waals surface area (Å²) in [5.74, 6) is 1.57. The molecular weight excluding hydrogens is 182 g/mol. The first-order valence-corrected chi connectivity index (χ1v) is 4.77. The summed E-state index contributed by atoms with van der Waals surface area (Å²) in [6, 6.07) is 0.0776. The molecule has 1 aromatic heterocycles. The van der Waals surface area contributed by atoms with Crippen molar-refractivity contribution in [2.45, 2.75) is 33.4 Å². The van der Waals surface area contributed by atoms with Crippen molar-refractivity contribution < 1.29 is 9.63 Å². The number of hydrogen-bond donors (Lipinski definition) is 2. The molecule has 0 saturated heterocycles. The summed E-state index contributed by atoms with van der Waals surface area (Å²) in [5, 5.41) is 16.0. The van der Waals surface area contributed by atoms with E-state index in [1.165, 1.54) is 0 Å². The Morgan fingerprint density at radius 2 is 2.21 bits per heavy atom. The lowest BCUT2D eigenvalue weighted by Crippen LogP contribution is -2.36. The Bertz CT molecular complexity index is 273. The van der Waals surface area contributed by atoms with Crippen LogP contribution in [-0.4, -0.2) is 27.9 Å². The fourth-order valence-corrected chi connectivity index (χ4v) is 1.15. The van der Waals surface area contributed by atoms with Crippen LogP contribution in [0.2, 0.25) is 0 Å². The predicted octanol–water partition coefficient (Wildman–Crippen LogP) is 0.485. The van der Waals surface area contributed by atoms with Gasteiger partial charge in [0, 0.05) is 13.0 Å². The zero-order valence-corrected chi connectivity index (χ0v) is 8.82. The van der Waals surface area contributed by atoms with Crippen LogP contribution in [0.4, 0.5) is 0 Å². The molecule has 1 atom stereocenters. The molecule has 5 heteroatoms. The molecule has 0 bridgehead atoms. The third kappa shape index (κ3) is 3.08. The first kappa shape index (κ1) is 11.1. The van der Waals surface area contributed by atoms with Crippen LogP contribution >= 0.6 is 0 Å². The summed E-state index contributed by atoms with van der Waals surface area (Å²) in [6.07, 6.45) is 0. The summed E-state index contributed by atoms with van der Waals surface area (Å²) in [7, 11) is 0. The van der Waals surface area contributed by atoms with Gasteiger partial charge in [-0.15, -0.1) is 0 Å². The standard InChI is InChI=1S/C9H17N3O2/c1-6(2)8(5-13)10-4-9-11-7(3)14-12-9/h6,8,10,13H,4-5H2,1-3H3. The van der Waals surface area contributed by atoms with Crippen molar-refractivity contribution in [1.82, 2.24) is 15.5 Å². The van der Waals surface area contributed by atoms with Gasteiger partial charge < -0.3 is 14.9 Å². The van der Waals surface area contributed by atoms with Crippen LogP contribution in [0.1, 0.15) is 25.6 Å². The van der Waals surface area contributed by atoms with Gasteiger partial charge in [-0.05, 0) is 5.92 Å². The lowest BCUT2D eigenvalue weighted by atomic mass is 10.1. The minimum Gasteiger partial charge on any atom is -0.395 e. The van der Waals surface area contributed by atoms with Gasteiger partial charge in [0.25, 0.3) is 0 Å². The van der Waals surface area contributed by atoms with Gasteiger partial charge in [0.15, 0.2) is 5.82 Å². The lowest BCUT2D eigenvalue weighted by molar-refractivity contribution is 0.209. The Balaban J connectivity index is 2.39. The van der Waals surface area contributed by atoms with Crippen molar-refractivity contribution >= 4 is 0 Å². The monoisotopic (exact) mass is 199 g/mol. The normalized spacial score (nSPS) is 13.5. The van der Waals surface area contributed by atoms with Gasteiger partial charge in [-0.2, -0.15) is 4.98 Å². The highest BCUT2D eigenvalue weighted by Gasteiger charge is 2.12. The van der Waals surface area contributed by atoms with E-state index in [2.05, 4.69) is 29.3 Å². The number of aliphatic hydroxyl groups is 1. The summed E-state index contributed by atoms with van der Waals surface area (Å²) in [5.41, 5.74) is 0. The highest BCUT2D eigenvalue weighted by Crippen LogP contribution is 2.02. The first-order chi connectivity index (χ1) is 6.63. The summed E-state index contributed by atoms with van der Waals surface area (Å²) >= 11 is 0. The summed E-state index contributed by atoms with van der Waals surface area (Å²) in [4.78, 5) is 4.05. The molecule has 1 unspecified atom stereocenters. The number of hydrogen-bond acceptors (Lipinski definition) is 5. The van der Waals surface area contributed by atoms with Crippen molar-refractivity contribution in [3.8, 4) is 0 Å². The SMILES string of the molecule is Cc1nc(CNC(CO)C(C)C)no1. The molecule has 0 aliphatic carbocycles. The Hall–Kier alpha value is -0.940. The Labute approximate surface area is 83.5 Å². The third-order valence-corrected chi connectivity index (χ3v) is 2.09. The molecule has 1 rings (SSSR count). The largest absolute Gasteiger partial charge is 0.395 e. The van der Waals surface area contributed by atoms with E-state index in [0.717, 1.165) is 0 Å². The molecule has 0 radical (unpaired) electrons. The molecule has 0 aliphatic rings. The van der Waals surface area contributed by atoms with Gasteiger partial charge in [0.1, 0.15) is 0 Å². The Morgan fingerprint density at radius 1 is 1.50 bits per heavy atom. The van der Waals surface area contributed by atoms with Crippen molar-refractivity contribution in [3.05, 3.63) is 11.7 Å². The molecule has 1 aromatic rings. The minimum absolute atomic E-state index is 0.0776. The zero-order valence-electron chi connectivity index (χ0n) is 8.82. The number of aliphatic hydroxyl groups excluding tert-OH is 1. The number of aromatic nitrogens is 2. The fraction of sp³-hybridized carbons (Fsp3) is 0.778. The first-order valence-electron chi connectivity index (χ1n) is 4.77. The van der Waals surface area contributed by atoms with Gasteiger partial charge in [0.2, 0.25) is 5.89 Å². The number of aryl methyl sites for hydroxylation is 1. The van der Waals surface area contributed by atoms with Crippen LogP contribution in [0.3, 0.4) is 0 Å². The molecule has 5 nitrogen and oxygen atoms in total. The maximum absolute atomic E-state index is 9.05. The van der Waals surface area contributed by atoms with E-state index in [-0.39, 0.29) is 12.6 Å². The molecular formula is C9H17N3O2. The molecule has 0 amide bonds. The Kier molecular flexibility index (Phi) is 4.03. The Morgan fingerprint density at radius 3 is 2.64 bits per heavy atom. The second-order valence-electron chi connectivity index (χ2n) is 3.64. The molecule has 80 valence electrons. The fourth-order valence-electron chi connectivity index (χ4n) is 1.15. The second-order valence-corrected chi connectivity index (χ2v) is 3.64. The zero-order chi connectivity index (χ0) is 10.6. The van der Waals surface area contributed by atoms with E-state index in [4.69, 9.17) is 9.63 Å². The van der Waals surface area contributed by atoms with E-state index in [0.29, 0.717) is 24.2 Å². The average molecular weight is 199 g/mol. The molecule has 0 fully saturated rings. The molecule has 1 heterocycles. The van der Waals surface area contributed by atoms with Gasteiger partial charge in [0.05, 0.1) is 13.2 Å². The van der Waals surface area contributed by atoms with Crippen LogP contribution in [0.15, 0.2) is 4.52 Å². The van der Waals surface area contributed by atoms with Gasteiger partial charge in [-0.3, -0.25) is 0 Å². The van der Waals surface area contributed by atoms with Crippen molar-refractivity contribution in [2.24, 2.45) is 5.92 Å². The summed E-state index contributed by atoms with van der Waals surface area (Å²) in [6.45, 7) is 6.50. The smallest absolute Gasteiger partial charge is 0.223 e. The van der Waals surface area contributed by atoms with E-state index in [9.17, 15) is 0 Å². The number of nitrogens with zero attached hydrogens (tertiary/aromatic N) is 2. The predicted molar refractivity (Wildman–Crippen MR) is 51.6 cm³/mol. The van der Waals surface area contributed by atoms with Crippen molar-refractivity contribution in [3.63, 3.8) is 0 Å². The van der Waals surface area contributed by atoms with Crippen molar-refractivity contribution in [1.29, 1.82) is 0 Å². The average Bonchev–Trinajstić information content (AvgIpc) is 2.52. The van der Waals surface area contributed by atoms with Crippen LogP contribution in [0.5, 0.6) is 0 Å². The minimum atomic E-state index is 0.0776. The highest BCUT2D eigenvalue weighted by atomic mass is 16.5. The van der Waals surface area contributed by atoms with Crippen LogP contribution < -0.4 is 5.32 Å². The maximum atomic E-state index is 9.05. The van der Waals surface area contributed by atoms with Gasteiger partial charge in [-0.25, -0.2) is 0 Å². The lowest BCUT2D eigenvalue weighted by Gasteiger charge is -2.18. The quantitative estimate of drug-likeness (QED) is 0.722. The van der Waals surface area contributed by atoms with Crippen LogP contribution in [0, 0.1) is 12.8 Å². The van der Waals surface area contributed by atoms with E-state index < -0.39 is 0 Å². The third-order valence-electron chi connectivity index (χ3n) is 2.09. The summed E-state index contributed by atoms with van der Waals surface area (Å²) < 4.78 is 4.83. The van der Waals surface area contributed by atoms with Gasteiger partial charge in [-0.1, -0.05) is 19.0 Å². The van der Waals surface area contributed by atoms with E-state index >= 15 is 0 Å². The van der Waals surface area contributed by atoms with Gasteiger partial charge >= 0.3 is 0 Å². The number of rotatable bonds is 5. The van der Waals surface area contributed by atoms with Crippen molar-refractivity contribution in [2.75, 3.05) is 6.61 Å². The topological polar surface area (TPSA) is 71.2 Å². The van der Waals surface area contributed by atoms with E-state index in [1.54, 1.807) is 6.92 Å². The molecule has 0 saturated carbocycles. The highest BCUT2D eigenvalue weighted by molar-refractivity contribution is 4.84. The second kappa shape index (κ2) is 5.07. The molecule has 0 spiro atoms. The maximum Gasteiger partial charge on any atom is 0.223 e. The molecule has 0 aliphatic heterocycles. The molecule has 2 N–H and O–H groups in total. The van der Waals surface area contributed by atoms with E-state index in [1.807, 2.05) is 0 Å². The molecule has 0 aromatic carbocycles. The molecule has 14 heavy (non-hydrogen) atoms. The number of nitrogens with one attached hydrogen (secondary N) is 1.